The maximum absolute atomic E-state index is 13.8. The van der Waals surface area contributed by atoms with Crippen molar-refractivity contribution in [2.75, 3.05) is 11.6 Å². The third-order valence-corrected chi connectivity index (χ3v) is 3.59. The minimum absolute atomic E-state index is 0.0860. The van der Waals surface area contributed by atoms with Crippen molar-refractivity contribution in [3.8, 4) is 5.75 Å². The Morgan fingerprint density at radius 3 is 2.65 bits per heavy atom. The molecule has 0 aliphatic heterocycles. The number of carbonyl (C=O) groups excluding carboxylic acids is 1. The Hall–Kier alpha value is -1.72. The van der Waals surface area contributed by atoms with E-state index < -0.39 is 11.7 Å². The van der Waals surface area contributed by atoms with Crippen molar-refractivity contribution in [3.63, 3.8) is 0 Å². The van der Waals surface area contributed by atoms with Crippen LogP contribution in [0, 0.1) is 5.82 Å². The molecule has 1 amide bonds. The first-order chi connectivity index (χ1) is 9.51. The van der Waals surface area contributed by atoms with Gasteiger partial charge in [-0.3, -0.25) is 4.79 Å². The molecule has 2 rings (SSSR count). The molecule has 2 N–H and O–H groups in total. The third kappa shape index (κ3) is 3.23. The fourth-order valence-electron chi connectivity index (χ4n) is 1.61. The van der Waals surface area contributed by atoms with E-state index in [1.165, 1.54) is 42.1 Å². The number of thioether (sulfide) groups is 1. The van der Waals surface area contributed by atoms with Gasteiger partial charge in [0.1, 0.15) is 11.6 Å². The van der Waals surface area contributed by atoms with E-state index in [-0.39, 0.29) is 17.0 Å². The number of carbonyl (C=O) groups is 1. The lowest BCUT2D eigenvalue weighted by atomic mass is 10.2. The van der Waals surface area contributed by atoms with Crippen molar-refractivity contribution in [1.82, 2.24) is 0 Å². The first kappa shape index (κ1) is 14.7. The quantitative estimate of drug-likeness (QED) is 0.661. The van der Waals surface area contributed by atoms with Crippen molar-refractivity contribution in [2.45, 2.75) is 4.90 Å². The summed E-state index contributed by atoms with van der Waals surface area (Å²) in [6.07, 6.45) is 1.82. The van der Waals surface area contributed by atoms with Gasteiger partial charge in [0.05, 0.1) is 11.3 Å². The molecule has 2 aromatic carbocycles. The van der Waals surface area contributed by atoms with Gasteiger partial charge in [-0.15, -0.1) is 11.8 Å². The fourth-order valence-corrected chi connectivity index (χ4v) is 2.20. The van der Waals surface area contributed by atoms with Crippen LogP contribution in [0.1, 0.15) is 10.4 Å². The highest BCUT2D eigenvalue weighted by molar-refractivity contribution is 7.98. The van der Waals surface area contributed by atoms with Crippen molar-refractivity contribution in [1.29, 1.82) is 0 Å². The summed E-state index contributed by atoms with van der Waals surface area (Å²) in [5.74, 6) is -1.41. The van der Waals surface area contributed by atoms with Crippen molar-refractivity contribution in [2.24, 2.45) is 0 Å². The van der Waals surface area contributed by atoms with Crippen LogP contribution in [0.4, 0.5) is 10.1 Å². The summed E-state index contributed by atoms with van der Waals surface area (Å²) in [5, 5.41) is 12.4. The molecule has 2 aromatic rings. The lowest BCUT2D eigenvalue weighted by Gasteiger charge is -2.08. The number of nitrogens with one attached hydrogen (secondary N) is 1. The number of anilines is 1. The topological polar surface area (TPSA) is 49.3 Å². The van der Waals surface area contributed by atoms with Gasteiger partial charge in [0.15, 0.2) is 0 Å². The number of hydrogen-bond donors (Lipinski definition) is 2. The van der Waals surface area contributed by atoms with Crippen LogP contribution < -0.4 is 5.32 Å². The van der Waals surface area contributed by atoms with Gasteiger partial charge >= 0.3 is 0 Å². The number of amides is 1. The van der Waals surface area contributed by atoms with E-state index in [0.29, 0.717) is 5.02 Å². The molecule has 0 saturated heterocycles. The summed E-state index contributed by atoms with van der Waals surface area (Å²) >= 11 is 7.08. The lowest BCUT2D eigenvalue weighted by molar-refractivity contribution is 0.102. The number of aromatic hydroxyl groups is 1. The summed E-state index contributed by atoms with van der Waals surface area (Å²) < 4.78 is 13.8. The van der Waals surface area contributed by atoms with Gasteiger partial charge in [-0.25, -0.2) is 4.39 Å². The number of phenolic OH excluding ortho intramolecular Hbond substituents is 1. The standard InChI is InChI=1S/C14H11ClFNO2S/c1-20-9-3-4-10(11(16)7-9)14(19)17-12-5-2-8(15)6-13(12)18/h2-7,18H,1H3,(H,17,19). The molecule has 3 nitrogen and oxygen atoms in total. The van der Waals surface area contributed by atoms with E-state index in [4.69, 9.17) is 11.6 Å². The van der Waals surface area contributed by atoms with Crippen molar-refractivity contribution in [3.05, 3.63) is 52.8 Å². The molecule has 0 radical (unpaired) electrons. The summed E-state index contributed by atoms with van der Waals surface area (Å²) in [5.41, 5.74) is 0.0879. The number of rotatable bonds is 3. The second kappa shape index (κ2) is 6.15. The average Bonchev–Trinajstić information content (AvgIpc) is 2.41. The molecular weight excluding hydrogens is 301 g/mol. The van der Waals surface area contributed by atoms with Crippen LogP contribution in [-0.4, -0.2) is 17.3 Å². The zero-order chi connectivity index (χ0) is 14.7. The van der Waals surface area contributed by atoms with Crippen LogP contribution in [0.25, 0.3) is 0 Å². The zero-order valence-electron chi connectivity index (χ0n) is 10.5. The lowest BCUT2D eigenvalue weighted by Crippen LogP contribution is -2.13. The molecule has 0 bridgehead atoms. The second-order valence-electron chi connectivity index (χ2n) is 3.96. The third-order valence-electron chi connectivity index (χ3n) is 2.63. The van der Waals surface area contributed by atoms with Gasteiger partial charge in [-0.05, 0) is 36.6 Å². The predicted molar refractivity (Wildman–Crippen MR) is 79.3 cm³/mol. The molecular formula is C14H11ClFNO2S. The van der Waals surface area contributed by atoms with E-state index in [0.717, 1.165) is 4.90 Å². The fraction of sp³-hybridized carbons (Fsp3) is 0.0714. The van der Waals surface area contributed by atoms with Crippen LogP contribution in [0.3, 0.4) is 0 Å². The molecule has 20 heavy (non-hydrogen) atoms. The molecule has 0 aliphatic rings. The van der Waals surface area contributed by atoms with Gasteiger partial charge in [0.25, 0.3) is 5.91 Å². The van der Waals surface area contributed by atoms with E-state index in [1.54, 1.807) is 6.07 Å². The van der Waals surface area contributed by atoms with E-state index >= 15 is 0 Å². The monoisotopic (exact) mass is 311 g/mol. The van der Waals surface area contributed by atoms with Crippen LogP contribution in [-0.2, 0) is 0 Å². The van der Waals surface area contributed by atoms with Gasteiger partial charge in [0, 0.05) is 16.0 Å². The summed E-state index contributed by atoms with van der Waals surface area (Å²) in [4.78, 5) is 12.7. The molecule has 0 fully saturated rings. The minimum Gasteiger partial charge on any atom is -0.506 e. The second-order valence-corrected chi connectivity index (χ2v) is 5.28. The molecule has 0 unspecified atom stereocenters. The Kier molecular flexibility index (Phi) is 4.52. The maximum atomic E-state index is 13.8. The Balaban J connectivity index is 2.24. The zero-order valence-corrected chi connectivity index (χ0v) is 12.1. The highest BCUT2D eigenvalue weighted by Gasteiger charge is 2.14. The Morgan fingerprint density at radius 2 is 2.05 bits per heavy atom. The molecule has 104 valence electrons. The molecule has 0 saturated carbocycles. The van der Waals surface area contributed by atoms with Crippen LogP contribution in [0.2, 0.25) is 5.02 Å². The van der Waals surface area contributed by atoms with E-state index in [2.05, 4.69) is 5.32 Å². The van der Waals surface area contributed by atoms with Gasteiger partial charge in [-0.2, -0.15) is 0 Å². The molecule has 0 aliphatic carbocycles. The van der Waals surface area contributed by atoms with Crippen molar-refractivity contribution >= 4 is 35.0 Å². The van der Waals surface area contributed by atoms with Gasteiger partial charge < -0.3 is 10.4 Å². The largest absolute Gasteiger partial charge is 0.506 e. The highest BCUT2D eigenvalue weighted by atomic mass is 35.5. The van der Waals surface area contributed by atoms with Crippen LogP contribution in [0.15, 0.2) is 41.3 Å². The minimum atomic E-state index is -0.632. The normalized spacial score (nSPS) is 10.3. The van der Waals surface area contributed by atoms with E-state index in [9.17, 15) is 14.3 Å². The number of phenols is 1. The number of halogens is 2. The summed E-state index contributed by atoms with van der Waals surface area (Å²) in [6, 6.07) is 8.62. The Morgan fingerprint density at radius 1 is 1.30 bits per heavy atom. The first-order valence-corrected chi connectivity index (χ1v) is 7.25. The Labute approximate surface area is 124 Å². The molecule has 0 spiro atoms. The molecule has 0 aromatic heterocycles. The molecule has 0 heterocycles. The summed E-state index contributed by atoms with van der Waals surface area (Å²) in [7, 11) is 0. The number of benzene rings is 2. The summed E-state index contributed by atoms with van der Waals surface area (Å²) in [6.45, 7) is 0. The van der Waals surface area contributed by atoms with Gasteiger partial charge in [0.2, 0.25) is 0 Å². The van der Waals surface area contributed by atoms with Crippen LogP contribution in [0.5, 0.6) is 5.75 Å². The van der Waals surface area contributed by atoms with E-state index in [1.807, 2.05) is 6.26 Å². The highest BCUT2D eigenvalue weighted by Crippen LogP contribution is 2.27. The molecule has 6 heteroatoms. The maximum Gasteiger partial charge on any atom is 0.258 e. The Bertz CT molecular complexity index is 664. The van der Waals surface area contributed by atoms with Gasteiger partial charge in [-0.1, -0.05) is 11.6 Å². The van der Waals surface area contributed by atoms with Crippen LogP contribution >= 0.6 is 23.4 Å². The average molecular weight is 312 g/mol. The molecule has 0 atom stereocenters. The first-order valence-electron chi connectivity index (χ1n) is 5.64. The smallest absolute Gasteiger partial charge is 0.258 e. The predicted octanol–water partition coefficient (Wildman–Crippen LogP) is 4.16. The SMILES string of the molecule is CSc1ccc(C(=O)Nc2ccc(Cl)cc2O)c(F)c1. The van der Waals surface area contributed by atoms with Crippen molar-refractivity contribution < 1.29 is 14.3 Å². The number of hydrogen-bond acceptors (Lipinski definition) is 3.